The number of anilines is 1. The summed E-state index contributed by atoms with van der Waals surface area (Å²) in [5, 5.41) is 3.35. The first-order valence-corrected chi connectivity index (χ1v) is 7.09. The molecule has 2 aliphatic rings. The molecule has 0 aromatic heterocycles. The molecule has 1 aromatic carbocycles. The van der Waals surface area contributed by atoms with E-state index in [0.29, 0.717) is 12.6 Å². The van der Waals surface area contributed by atoms with Crippen molar-refractivity contribution in [1.29, 1.82) is 0 Å². The third-order valence-corrected chi connectivity index (χ3v) is 4.31. The summed E-state index contributed by atoms with van der Waals surface area (Å²) in [6, 6.07) is 8.26. The van der Waals surface area contributed by atoms with Crippen molar-refractivity contribution in [2.45, 2.75) is 30.8 Å². The van der Waals surface area contributed by atoms with Crippen molar-refractivity contribution in [2.75, 3.05) is 25.5 Å². The number of amides is 1. The number of nitrogens with two attached hydrogens (primary N) is 1. The highest BCUT2D eigenvalue weighted by Crippen LogP contribution is 2.35. The number of rotatable bonds is 5. The number of nitrogens with zero attached hydrogens (tertiary/aromatic N) is 1. The van der Waals surface area contributed by atoms with Crippen LogP contribution in [-0.2, 0) is 4.79 Å². The van der Waals surface area contributed by atoms with Crippen molar-refractivity contribution in [3.63, 3.8) is 0 Å². The van der Waals surface area contributed by atoms with Gasteiger partial charge in [-0.25, -0.2) is 0 Å². The van der Waals surface area contributed by atoms with Gasteiger partial charge in [0.2, 0.25) is 5.91 Å². The van der Waals surface area contributed by atoms with Gasteiger partial charge in [-0.1, -0.05) is 0 Å². The van der Waals surface area contributed by atoms with Crippen molar-refractivity contribution >= 4 is 11.6 Å². The molecule has 5 nitrogen and oxygen atoms in total. The normalized spacial score (nSPS) is 26.4. The van der Waals surface area contributed by atoms with E-state index in [9.17, 15) is 4.79 Å². The van der Waals surface area contributed by atoms with E-state index in [0.717, 1.165) is 24.4 Å². The second-order valence-corrected chi connectivity index (χ2v) is 5.75. The molecule has 1 aromatic rings. The maximum absolute atomic E-state index is 11.9. The van der Waals surface area contributed by atoms with Crippen LogP contribution in [0.15, 0.2) is 24.3 Å². The molecule has 1 heterocycles. The maximum Gasteiger partial charge on any atom is 0.244 e. The summed E-state index contributed by atoms with van der Waals surface area (Å²) in [4.78, 5) is 14.3. The Morgan fingerprint density at radius 1 is 1.40 bits per heavy atom. The van der Waals surface area contributed by atoms with Crippen molar-refractivity contribution < 1.29 is 9.53 Å². The van der Waals surface area contributed by atoms with Gasteiger partial charge >= 0.3 is 0 Å². The van der Waals surface area contributed by atoms with E-state index in [1.807, 2.05) is 24.3 Å². The number of hydrogen-bond donors (Lipinski definition) is 2. The largest absolute Gasteiger partial charge is 0.497 e. The molecular weight excluding hydrogens is 254 g/mol. The minimum Gasteiger partial charge on any atom is -0.497 e. The predicted octanol–water partition coefficient (Wildman–Crippen LogP) is 1.20. The number of primary amides is 1. The summed E-state index contributed by atoms with van der Waals surface area (Å²) in [6.07, 6.45) is 3.26. The van der Waals surface area contributed by atoms with Crippen molar-refractivity contribution in [3.8, 4) is 5.75 Å². The van der Waals surface area contributed by atoms with Gasteiger partial charge < -0.3 is 15.8 Å². The van der Waals surface area contributed by atoms with E-state index in [1.165, 1.54) is 12.8 Å². The van der Waals surface area contributed by atoms with Crippen LogP contribution in [0.4, 0.5) is 5.69 Å². The molecule has 20 heavy (non-hydrogen) atoms. The van der Waals surface area contributed by atoms with Gasteiger partial charge in [-0.2, -0.15) is 0 Å². The van der Waals surface area contributed by atoms with E-state index in [4.69, 9.17) is 10.5 Å². The molecule has 1 aliphatic heterocycles. The number of ether oxygens (including phenoxy) is 1. The van der Waals surface area contributed by atoms with Crippen molar-refractivity contribution in [3.05, 3.63) is 24.3 Å². The molecule has 3 rings (SSSR count). The topological polar surface area (TPSA) is 67.6 Å². The SMILES string of the molecule is COc1ccc(NC2(C(N)=O)CCN(C3CC3)C2)cc1. The van der Waals surface area contributed by atoms with Crippen LogP contribution >= 0.6 is 0 Å². The van der Waals surface area contributed by atoms with Crippen LogP contribution in [0.1, 0.15) is 19.3 Å². The highest BCUT2D eigenvalue weighted by Gasteiger charge is 2.47. The number of hydrogen-bond acceptors (Lipinski definition) is 4. The molecule has 1 amide bonds. The highest BCUT2D eigenvalue weighted by atomic mass is 16.5. The van der Waals surface area contributed by atoms with Gasteiger partial charge in [0.1, 0.15) is 11.3 Å². The van der Waals surface area contributed by atoms with Gasteiger partial charge in [0.25, 0.3) is 0 Å². The third kappa shape index (κ3) is 2.45. The van der Waals surface area contributed by atoms with Crippen LogP contribution < -0.4 is 15.8 Å². The summed E-state index contributed by atoms with van der Waals surface area (Å²) in [5.74, 6) is 0.533. The molecule has 3 N–H and O–H groups in total. The Bertz CT molecular complexity index is 498. The molecule has 2 fully saturated rings. The van der Waals surface area contributed by atoms with E-state index in [-0.39, 0.29) is 5.91 Å². The third-order valence-electron chi connectivity index (χ3n) is 4.31. The molecule has 1 saturated carbocycles. The zero-order valence-corrected chi connectivity index (χ0v) is 11.8. The van der Waals surface area contributed by atoms with E-state index in [1.54, 1.807) is 7.11 Å². The Hall–Kier alpha value is -1.75. The number of methoxy groups -OCH3 is 1. The van der Waals surface area contributed by atoms with Gasteiger partial charge in [-0.3, -0.25) is 9.69 Å². The highest BCUT2D eigenvalue weighted by molar-refractivity contribution is 5.88. The second kappa shape index (κ2) is 4.98. The lowest BCUT2D eigenvalue weighted by Crippen LogP contribution is -2.52. The van der Waals surface area contributed by atoms with E-state index < -0.39 is 5.54 Å². The van der Waals surface area contributed by atoms with Crippen LogP contribution in [0.25, 0.3) is 0 Å². The monoisotopic (exact) mass is 275 g/mol. The van der Waals surface area contributed by atoms with E-state index >= 15 is 0 Å². The Morgan fingerprint density at radius 3 is 2.65 bits per heavy atom. The fourth-order valence-electron chi connectivity index (χ4n) is 2.91. The molecule has 5 heteroatoms. The lowest BCUT2D eigenvalue weighted by molar-refractivity contribution is -0.121. The first kappa shape index (κ1) is 13.2. The van der Waals surface area contributed by atoms with Gasteiger partial charge in [0, 0.05) is 24.8 Å². The second-order valence-electron chi connectivity index (χ2n) is 5.75. The molecule has 1 unspecified atom stereocenters. The molecular formula is C15H21N3O2. The van der Waals surface area contributed by atoms with Crippen LogP contribution in [0, 0.1) is 0 Å². The molecule has 1 atom stereocenters. The molecule has 1 aliphatic carbocycles. The van der Waals surface area contributed by atoms with Crippen LogP contribution in [0.5, 0.6) is 5.75 Å². The fourth-order valence-corrected chi connectivity index (χ4v) is 2.91. The number of likely N-dealkylation sites (tertiary alicyclic amines) is 1. The average molecular weight is 275 g/mol. The molecule has 0 spiro atoms. The maximum atomic E-state index is 11.9. The standard InChI is InChI=1S/C15H21N3O2/c1-20-13-6-2-11(3-7-13)17-15(14(16)19)8-9-18(10-15)12-4-5-12/h2-3,6-7,12,17H,4-5,8-10H2,1H3,(H2,16,19). The number of benzene rings is 1. The number of carbonyl (C=O) groups is 1. The van der Waals surface area contributed by atoms with Crippen molar-refractivity contribution in [1.82, 2.24) is 4.90 Å². The first-order valence-electron chi connectivity index (χ1n) is 7.09. The Kier molecular flexibility index (Phi) is 3.30. The van der Waals surface area contributed by atoms with E-state index in [2.05, 4.69) is 10.2 Å². The minimum absolute atomic E-state index is 0.267. The fraction of sp³-hybridized carbons (Fsp3) is 0.533. The predicted molar refractivity (Wildman–Crippen MR) is 77.8 cm³/mol. The van der Waals surface area contributed by atoms with Crippen molar-refractivity contribution in [2.24, 2.45) is 5.73 Å². The van der Waals surface area contributed by atoms with Gasteiger partial charge in [0.15, 0.2) is 0 Å². The molecule has 0 radical (unpaired) electrons. The Morgan fingerprint density at radius 2 is 2.10 bits per heavy atom. The van der Waals surface area contributed by atoms with Crippen LogP contribution in [-0.4, -0.2) is 42.6 Å². The summed E-state index contributed by atoms with van der Waals surface area (Å²) < 4.78 is 5.14. The van der Waals surface area contributed by atoms with Gasteiger partial charge in [-0.05, 0) is 43.5 Å². The summed E-state index contributed by atoms with van der Waals surface area (Å²) in [6.45, 7) is 1.65. The number of nitrogens with one attached hydrogen (secondary N) is 1. The van der Waals surface area contributed by atoms with Crippen LogP contribution in [0.3, 0.4) is 0 Å². The average Bonchev–Trinajstić information content (AvgIpc) is 3.21. The zero-order valence-electron chi connectivity index (χ0n) is 11.8. The first-order chi connectivity index (χ1) is 9.63. The van der Waals surface area contributed by atoms with Gasteiger partial charge in [0.05, 0.1) is 7.11 Å². The zero-order chi connectivity index (χ0) is 14.2. The summed E-state index contributed by atoms with van der Waals surface area (Å²) in [7, 11) is 1.64. The lowest BCUT2D eigenvalue weighted by Gasteiger charge is -2.28. The summed E-state index contributed by atoms with van der Waals surface area (Å²) in [5.41, 5.74) is 5.93. The molecule has 1 saturated heterocycles. The Labute approximate surface area is 119 Å². The molecule has 108 valence electrons. The Balaban J connectivity index is 1.75. The molecule has 0 bridgehead atoms. The van der Waals surface area contributed by atoms with Crippen LogP contribution in [0.2, 0.25) is 0 Å². The quantitative estimate of drug-likeness (QED) is 0.847. The number of carbonyl (C=O) groups excluding carboxylic acids is 1. The summed E-state index contributed by atoms with van der Waals surface area (Å²) >= 11 is 0. The van der Waals surface area contributed by atoms with Gasteiger partial charge in [-0.15, -0.1) is 0 Å². The minimum atomic E-state index is -0.642. The smallest absolute Gasteiger partial charge is 0.244 e. The lowest BCUT2D eigenvalue weighted by atomic mass is 9.97.